The standard InChI is InChI=1S/C19H32N4O2/c1-22-11-6-10-17(22)18(24)13-20-19(25)21-15-7-5-12-23(14-15)16-8-3-2-4-9-16/h6,10-11,15-16,18,24H,2-5,7-9,12-14H2,1H3,(H2,20,21,25)/t15-,18+/m0/s1. The van der Waals surface area contributed by atoms with Gasteiger partial charge in [-0.1, -0.05) is 19.3 Å². The first-order valence-corrected chi connectivity index (χ1v) is 9.71. The van der Waals surface area contributed by atoms with Crippen LogP contribution in [-0.2, 0) is 7.05 Å². The summed E-state index contributed by atoms with van der Waals surface area (Å²) in [6, 6.07) is 4.50. The van der Waals surface area contributed by atoms with Gasteiger partial charge in [0, 0.05) is 37.6 Å². The first kappa shape index (κ1) is 18.3. The third-order valence-electron chi connectivity index (χ3n) is 5.66. The highest BCUT2D eigenvalue weighted by molar-refractivity contribution is 5.74. The second kappa shape index (κ2) is 8.72. The molecule has 1 aromatic heterocycles. The summed E-state index contributed by atoms with van der Waals surface area (Å²) in [5.74, 6) is 0. The van der Waals surface area contributed by atoms with Crippen molar-refractivity contribution in [2.75, 3.05) is 19.6 Å². The van der Waals surface area contributed by atoms with Crippen molar-refractivity contribution in [3.05, 3.63) is 24.0 Å². The van der Waals surface area contributed by atoms with Crippen molar-refractivity contribution in [1.82, 2.24) is 20.1 Å². The number of amides is 2. The molecule has 140 valence electrons. The second-order valence-corrected chi connectivity index (χ2v) is 7.54. The highest BCUT2D eigenvalue weighted by Crippen LogP contribution is 2.25. The van der Waals surface area contributed by atoms with Crippen molar-refractivity contribution in [2.45, 2.75) is 63.1 Å². The Kier molecular flexibility index (Phi) is 6.37. The number of likely N-dealkylation sites (tertiary alicyclic amines) is 1. The molecule has 6 nitrogen and oxygen atoms in total. The van der Waals surface area contributed by atoms with E-state index in [1.165, 1.54) is 32.1 Å². The lowest BCUT2D eigenvalue weighted by atomic mass is 9.92. The first-order valence-electron chi connectivity index (χ1n) is 9.71. The molecular weight excluding hydrogens is 316 g/mol. The Labute approximate surface area is 150 Å². The lowest BCUT2D eigenvalue weighted by Gasteiger charge is -2.40. The number of aromatic nitrogens is 1. The predicted octanol–water partition coefficient (Wildman–Crippen LogP) is 2.15. The number of nitrogens with zero attached hydrogens (tertiary/aromatic N) is 2. The Morgan fingerprint density at radius 3 is 2.80 bits per heavy atom. The van der Waals surface area contributed by atoms with Crippen molar-refractivity contribution in [3.63, 3.8) is 0 Å². The van der Waals surface area contributed by atoms with Crippen molar-refractivity contribution >= 4 is 6.03 Å². The zero-order valence-electron chi connectivity index (χ0n) is 15.3. The van der Waals surface area contributed by atoms with E-state index in [-0.39, 0.29) is 18.6 Å². The highest BCUT2D eigenvalue weighted by Gasteiger charge is 2.27. The summed E-state index contributed by atoms with van der Waals surface area (Å²) in [7, 11) is 1.89. The molecule has 3 N–H and O–H groups in total. The average Bonchev–Trinajstić information content (AvgIpc) is 3.07. The second-order valence-electron chi connectivity index (χ2n) is 7.54. The van der Waals surface area contributed by atoms with E-state index in [1.54, 1.807) is 0 Å². The van der Waals surface area contributed by atoms with Crippen LogP contribution in [0.4, 0.5) is 4.79 Å². The van der Waals surface area contributed by atoms with Crippen molar-refractivity contribution in [2.24, 2.45) is 7.05 Å². The molecule has 1 aliphatic heterocycles. The SMILES string of the molecule is Cn1cccc1[C@H](O)CNC(=O)N[C@H]1CCCN(C2CCCCC2)C1. The summed E-state index contributed by atoms with van der Waals surface area (Å²) in [5.41, 5.74) is 0.807. The number of carbonyl (C=O) groups is 1. The molecule has 1 aromatic rings. The van der Waals surface area contributed by atoms with Crippen LogP contribution < -0.4 is 10.6 Å². The van der Waals surface area contributed by atoms with Gasteiger partial charge in [0.25, 0.3) is 0 Å². The quantitative estimate of drug-likeness (QED) is 0.764. The molecule has 2 amide bonds. The highest BCUT2D eigenvalue weighted by atomic mass is 16.3. The molecule has 2 aliphatic rings. The molecule has 3 rings (SSSR count). The van der Waals surface area contributed by atoms with Gasteiger partial charge < -0.3 is 20.3 Å². The van der Waals surface area contributed by atoms with Gasteiger partial charge in [0.05, 0.1) is 6.54 Å². The van der Waals surface area contributed by atoms with E-state index in [1.807, 2.05) is 29.9 Å². The number of nitrogens with one attached hydrogen (secondary N) is 2. The van der Waals surface area contributed by atoms with Crippen molar-refractivity contribution < 1.29 is 9.90 Å². The minimum atomic E-state index is -0.684. The monoisotopic (exact) mass is 348 g/mol. The molecule has 6 heteroatoms. The van der Waals surface area contributed by atoms with Gasteiger partial charge in [0.2, 0.25) is 0 Å². The van der Waals surface area contributed by atoms with Gasteiger partial charge >= 0.3 is 6.03 Å². The Morgan fingerprint density at radius 2 is 2.08 bits per heavy atom. The molecule has 2 fully saturated rings. The molecule has 0 aromatic carbocycles. The Bertz CT molecular complexity index is 553. The van der Waals surface area contributed by atoms with Gasteiger partial charge in [-0.2, -0.15) is 0 Å². The van der Waals surface area contributed by atoms with Gasteiger partial charge in [-0.15, -0.1) is 0 Å². The fraction of sp³-hybridized carbons (Fsp3) is 0.737. The van der Waals surface area contributed by atoms with E-state index in [9.17, 15) is 9.90 Å². The number of aliphatic hydroxyl groups is 1. The van der Waals surface area contributed by atoms with Crippen molar-refractivity contribution in [3.8, 4) is 0 Å². The van der Waals surface area contributed by atoms with E-state index in [4.69, 9.17) is 0 Å². The Hall–Kier alpha value is -1.53. The summed E-state index contributed by atoms with van der Waals surface area (Å²) >= 11 is 0. The summed E-state index contributed by atoms with van der Waals surface area (Å²) in [4.78, 5) is 14.8. The van der Waals surface area contributed by atoms with Crippen LogP contribution in [0.2, 0.25) is 0 Å². The number of hydrogen-bond acceptors (Lipinski definition) is 3. The third kappa shape index (κ3) is 4.98. The van der Waals surface area contributed by atoms with E-state index in [2.05, 4.69) is 15.5 Å². The summed E-state index contributed by atoms with van der Waals surface area (Å²) < 4.78 is 1.87. The van der Waals surface area contributed by atoms with Crippen LogP contribution in [0.1, 0.15) is 56.7 Å². The summed E-state index contributed by atoms with van der Waals surface area (Å²) in [5, 5.41) is 16.1. The molecule has 1 saturated carbocycles. The van der Waals surface area contributed by atoms with Crippen LogP contribution in [0.15, 0.2) is 18.3 Å². The number of hydrogen-bond donors (Lipinski definition) is 3. The lowest BCUT2D eigenvalue weighted by molar-refractivity contribution is 0.111. The third-order valence-corrected chi connectivity index (χ3v) is 5.66. The molecule has 0 bridgehead atoms. The van der Waals surface area contributed by atoms with Crippen LogP contribution >= 0.6 is 0 Å². The fourth-order valence-electron chi connectivity index (χ4n) is 4.25. The maximum absolute atomic E-state index is 12.2. The van der Waals surface area contributed by atoms with Gasteiger partial charge in [0.1, 0.15) is 6.10 Å². The van der Waals surface area contributed by atoms with E-state index in [0.717, 1.165) is 31.6 Å². The van der Waals surface area contributed by atoms with Gasteiger partial charge in [0.15, 0.2) is 0 Å². The Morgan fingerprint density at radius 1 is 1.28 bits per heavy atom. The smallest absolute Gasteiger partial charge is 0.315 e. The molecule has 0 unspecified atom stereocenters. The molecule has 25 heavy (non-hydrogen) atoms. The molecule has 0 radical (unpaired) electrons. The minimum absolute atomic E-state index is 0.177. The van der Waals surface area contributed by atoms with Gasteiger partial charge in [-0.05, 0) is 44.4 Å². The largest absolute Gasteiger partial charge is 0.385 e. The number of carbonyl (C=O) groups excluding carboxylic acids is 1. The van der Waals surface area contributed by atoms with Crippen LogP contribution in [0.5, 0.6) is 0 Å². The lowest BCUT2D eigenvalue weighted by Crippen LogP contribution is -2.53. The van der Waals surface area contributed by atoms with Gasteiger partial charge in [-0.3, -0.25) is 4.90 Å². The maximum atomic E-state index is 12.2. The normalized spacial score (nSPS) is 24.0. The number of aryl methyl sites for hydroxylation is 1. The predicted molar refractivity (Wildman–Crippen MR) is 98.4 cm³/mol. The topological polar surface area (TPSA) is 69.5 Å². The number of aliphatic hydroxyl groups excluding tert-OH is 1. The summed E-state index contributed by atoms with van der Waals surface area (Å²) in [6.45, 7) is 2.35. The zero-order chi connectivity index (χ0) is 17.6. The number of urea groups is 1. The fourth-order valence-corrected chi connectivity index (χ4v) is 4.25. The minimum Gasteiger partial charge on any atom is -0.385 e. The molecule has 2 heterocycles. The first-order chi connectivity index (χ1) is 12.1. The van der Waals surface area contributed by atoms with Crippen molar-refractivity contribution in [1.29, 1.82) is 0 Å². The molecular formula is C19H32N4O2. The average molecular weight is 348 g/mol. The molecule has 0 spiro atoms. The maximum Gasteiger partial charge on any atom is 0.315 e. The van der Waals surface area contributed by atoms with E-state index in [0.29, 0.717) is 6.04 Å². The van der Waals surface area contributed by atoms with E-state index < -0.39 is 6.10 Å². The van der Waals surface area contributed by atoms with Crippen LogP contribution in [0, 0.1) is 0 Å². The van der Waals surface area contributed by atoms with Crippen LogP contribution in [-0.4, -0.2) is 52.3 Å². The van der Waals surface area contributed by atoms with E-state index >= 15 is 0 Å². The molecule has 2 atom stereocenters. The molecule has 1 saturated heterocycles. The Balaban J connectivity index is 1.42. The molecule has 1 aliphatic carbocycles. The number of rotatable bonds is 5. The number of piperidine rings is 1. The van der Waals surface area contributed by atoms with Crippen LogP contribution in [0.25, 0.3) is 0 Å². The van der Waals surface area contributed by atoms with Crippen LogP contribution in [0.3, 0.4) is 0 Å². The zero-order valence-corrected chi connectivity index (χ0v) is 15.3. The summed E-state index contributed by atoms with van der Waals surface area (Å²) in [6.07, 6.45) is 10.1. The van der Waals surface area contributed by atoms with Gasteiger partial charge in [-0.25, -0.2) is 4.79 Å².